The minimum Gasteiger partial charge on any atom is -0.343 e. The first kappa shape index (κ1) is 26.0. The molecule has 0 bridgehead atoms. The third-order valence-corrected chi connectivity index (χ3v) is 8.14. The molecule has 6 rings (SSSR count). The van der Waals surface area contributed by atoms with Gasteiger partial charge in [-0.05, 0) is 49.6 Å². The number of aromatic nitrogens is 4. The van der Waals surface area contributed by atoms with Crippen LogP contribution >= 0.6 is 11.8 Å². The molecule has 7 nitrogen and oxygen atoms in total. The minimum atomic E-state index is -0.452. The number of thioether (sulfide) groups is 1. The summed E-state index contributed by atoms with van der Waals surface area (Å²) in [5.74, 6) is 1.41. The summed E-state index contributed by atoms with van der Waals surface area (Å²) in [5, 5.41) is 13.2. The van der Waals surface area contributed by atoms with Gasteiger partial charge in [-0.3, -0.25) is 4.79 Å². The number of hydrogen-bond donors (Lipinski definition) is 2. The van der Waals surface area contributed by atoms with Gasteiger partial charge in [0.25, 0.3) is 5.91 Å². The smallest absolute Gasteiger partial charge is 0.255 e. The van der Waals surface area contributed by atoms with Gasteiger partial charge in [0, 0.05) is 46.3 Å². The fourth-order valence-corrected chi connectivity index (χ4v) is 5.98. The number of allylic oxidation sites excluding steroid dienone is 1. The van der Waals surface area contributed by atoms with E-state index in [0.717, 1.165) is 52.1 Å². The van der Waals surface area contributed by atoms with Crippen LogP contribution in [0, 0.1) is 6.92 Å². The lowest BCUT2D eigenvalue weighted by Crippen LogP contribution is -2.31. The Labute approximate surface area is 238 Å². The van der Waals surface area contributed by atoms with Crippen LogP contribution in [0.4, 0.5) is 11.6 Å². The number of aryl methyl sites for hydroxylation is 1. The minimum absolute atomic E-state index is 0.163. The fraction of sp³-hybridized carbons (Fsp3) is 0.219. The zero-order valence-corrected chi connectivity index (χ0v) is 23.7. The van der Waals surface area contributed by atoms with Crippen LogP contribution in [0.2, 0.25) is 0 Å². The van der Waals surface area contributed by atoms with Crippen molar-refractivity contribution in [2.75, 3.05) is 16.4 Å². The predicted octanol–water partition coefficient (Wildman–Crippen LogP) is 7.02. The zero-order valence-electron chi connectivity index (χ0n) is 22.9. The summed E-state index contributed by atoms with van der Waals surface area (Å²) >= 11 is 1.63. The van der Waals surface area contributed by atoms with Crippen molar-refractivity contribution in [3.63, 3.8) is 0 Å². The van der Waals surface area contributed by atoms with E-state index in [9.17, 15) is 4.79 Å². The van der Waals surface area contributed by atoms with Crippen molar-refractivity contribution in [2.24, 2.45) is 0 Å². The Morgan fingerprint density at radius 1 is 1.02 bits per heavy atom. The van der Waals surface area contributed by atoms with Gasteiger partial charge in [-0.25, -0.2) is 4.68 Å². The van der Waals surface area contributed by atoms with Crippen molar-refractivity contribution in [1.29, 1.82) is 0 Å². The van der Waals surface area contributed by atoms with Gasteiger partial charge in [0.15, 0.2) is 0 Å². The third-order valence-electron chi connectivity index (χ3n) is 7.10. The van der Waals surface area contributed by atoms with Gasteiger partial charge in [-0.2, -0.15) is 4.98 Å². The summed E-state index contributed by atoms with van der Waals surface area (Å²) in [6.45, 7) is 6.83. The van der Waals surface area contributed by atoms with Crippen molar-refractivity contribution in [2.45, 2.75) is 44.9 Å². The number of benzene rings is 3. The zero-order chi connectivity index (χ0) is 27.6. The highest BCUT2D eigenvalue weighted by Gasteiger charge is 2.36. The van der Waals surface area contributed by atoms with Gasteiger partial charge in [0.1, 0.15) is 6.04 Å². The molecule has 2 N–H and O–H groups in total. The number of carbonyl (C=O) groups is 1. The fourth-order valence-electron chi connectivity index (χ4n) is 5.29. The van der Waals surface area contributed by atoms with E-state index in [-0.39, 0.29) is 5.91 Å². The number of amides is 1. The third kappa shape index (κ3) is 5.02. The molecular formula is C32H32N6OS. The topological polar surface area (TPSA) is 76.8 Å². The normalized spacial score (nSPS) is 14.7. The average molecular weight is 549 g/mol. The highest BCUT2D eigenvalue weighted by atomic mass is 32.2. The van der Waals surface area contributed by atoms with E-state index in [2.05, 4.69) is 70.8 Å². The maximum atomic E-state index is 14.0. The van der Waals surface area contributed by atoms with E-state index >= 15 is 0 Å². The van der Waals surface area contributed by atoms with Gasteiger partial charge in [0.05, 0.1) is 5.57 Å². The number of carbonyl (C=O) groups excluding carboxylic acids is 1. The van der Waals surface area contributed by atoms with Gasteiger partial charge < -0.3 is 15.2 Å². The molecule has 0 fully saturated rings. The van der Waals surface area contributed by atoms with Crippen LogP contribution in [0.1, 0.15) is 43.0 Å². The van der Waals surface area contributed by atoms with E-state index in [1.807, 2.05) is 54.9 Å². The van der Waals surface area contributed by atoms with E-state index in [4.69, 9.17) is 10.1 Å². The van der Waals surface area contributed by atoms with E-state index in [1.165, 1.54) is 5.56 Å². The molecule has 1 atom stereocenters. The molecule has 2 aromatic heterocycles. The van der Waals surface area contributed by atoms with Crippen LogP contribution in [0.3, 0.4) is 0 Å². The standard InChI is InChI=1S/C32H32N6OS/c1-4-17-40-32-35-31-33-22(3)28(30(39)34-24-14-10-11-21(2)18-24)29(38(31)36-32)26-20-37(19-23-12-6-5-7-13-23)27-16-9-8-15-25(26)27/h5-16,18,20,29H,4,17,19H2,1-3H3,(H,34,39)(H,33,35,36). The Kier molecular flexibility index (Phi) is 7.17. The summed E-state index contributed by atoms with van der Waals surface area (Å²) in [6, 6.07) is 26.2. The monoisotopic (exact) mass is 548 g/mol. The Hall–Kier alpha value is -4.30. The first-order chi connectivity index (χ1) is 19.5. The van der Waals surface area contributed by atoms with Gasteiger partial charge in [-0.1, -0.05) is 79.3 Å². The van der Waals surface area contributed by atoms with Crippen molar-refractivity contribution in [1.82, 2.24) is 19.3 Å². The number of anilines is 2. The van der Waals surface area contributed by atoms with Crippen molar-refractivity contribution in [3.05, 3.63) is 113 Å². The highest BCUT2D eigenvalue weighted by Crippen LogP contribution is 2.40. The number of nitrogens with zero attached hydrogens (tertiary/aromatic N) is 4. The number of hydrogen-bond acceptors (Lipinski definition) is 5. The van der Waals surface area contributed by atoms with Crippen molar-refractivity contribution >= 4 is 40.2 Å². The number of para-hydroxylation sites is 1. The predicted molar refractivity (Wildman–Crippen MR) is 163 cm³/mol. The number of nitrogens with one attached hydrogen (secondary N) is 2. The molecule has 5 aromatic rings. The Morgan fingerprint density at radius 2 is 1.82 bits per heavy atom. The van der Waals surface area contributed by atoms with Gasteiger partial charge in [-0.15, -0.1) is 5.10 Å². The molecule has 1 aliphatic rings. The summed E-state index contributed by atoms with van der Waals surface area (Å²) in [6.07, 6.45) is 3.20. The molecular weight excluding hydrogens is 516 g/mol. The van der Waals surface area contributed by atoms with Crippen molar-refractivity contribution in [3.8, 4) is 0 Å². The first-order valence-corrected chi connectivity index (χ1v) is 14.6. The van der Waals surface area contributed by atoms with Crippen LogP contribution in [0.25, 0.3) is 10.9 Å². The highest BCUT2D eigenvalue weighted by molar-refractivity contribution is 7.99. The molecule has 1 amide bonds. The molecule has 0 aliphatic carbocycles. The Morgan fingerprint density at radius 3 is 2.62 bits per heavy atom. The maximum absolute atomic E-state index is 14.0. The molecule has 3 heterocycles. The van der Waals surface area contributed by atoms with Gasteiger partial charge in [0.2, 0.25) is 11.1 Å². The Bertz CT molecular complexity index is 1720. The van der Waals surface area contributed by atoms with Crippen LogP contribution in [0.5, 0.6) is 0 Å². The van der Waals surface area contributed by atoms with Crippen LogP contribution < -0.4 is 10.6 Å². The van der Waals surface area contributed by atoms with Crippen molar-refractivity contribution < 1.29 is 4.79 Å². The molecule has 3 aromatic carbocycles. The van der Waals surface area contributed by atoms with Gasteiger partial charge >= 0.3 is 0 Å². The molecule has 1 aliphatic heterocycles. The molecule has 0 saturated carbocycles. The number of rotatable bonds is 8. The molecule has 0 saturated heterocycles. The lowest BCUT2D eigenvalue weighted by atomic mass is 9.94. The maximum Gasteiger partial charge on any atom is 0.255 e. The second-order valence-corrected chi connectivity index (χ2v) is 11.2. The summed E-state index contributed by atoms with van der Waals surface area (Å²) < 4.78 is 4.14. The average Bonchev–Trinajstić information content (AvgIpc) is 3.52. The first-order valence-electron chi connectivity index (χ1n) is 13.6. The van der Waals surface area contributed by atoms with Crippen LogP contribution in [-0.4, -0.2) is 31.0 Å². The number of fused-ring (bicyclic) bond motifs is 2. The molecule has 40 heavy (non-hydrogen) atoms. The van der Waals surface area contributed by atoms with E-state index in [0.29, 0.717) is 16.7 Å². The largest absolute Gasteiger partial charge is 0.343 e. The second kappa shape index (κ2) is 11.1. The van der Waals surface area contributed by atoms with Crippen LogP contribution in [-0.2, 0) is 11.3 Å². The molecule has 1 unspecified atom stereocenters. The van der Waals surface area contributed by atoms with E-state index < -0.39 is 6.04 Å². The summed E-state index contributed by atoms with van der Waals surface area (Å²) in [5.41, 5.74) is 6.57. The molecule has 8 heteroatoms. The lowest BCUT2D eigenvalue weighted by molar-refractivity contribution is -0.113. The summed E-state index contributed by atoms with van der Waals surface area (Å²) in [7, 11) is 0. The Balaban J connectivity index is 1.49. The SMILES string of the molecule is CCCSc1nc2n(n1)C(c1cn(Cc3ccccc3)c3ccccc13)C(C(=O)Nc1cccc(C)c1)=C(C)N2. The van der Waals surface area contributed by atoms with Crippen LogP contribution in [0.15, 0.2) is 101 Å². The van der Waals surface area contributed by atoms with E-state index in [1.54, 1.807) is 11.8 Å². The summed E-state index contributed by atoms with van der Waals surface area (Å²) in [4.78, 5) is 18.8. The molecule has 202 valence electrons. The quantitative estimate of drug-likeness (QED) is 0.204. The second-order valence-electron chi connectivity index (χ2n) is 10.1. The molecule has 0 radical (unpaired) electrons. The molecule has 0 spiro atoms. The lowest BCUT2D eigenvalue weighted by Gasteiger charge is -2.28.